The number of imidazole rings is 1. The molecule has 1 atom stereocenters. The number of aromatic nitrogens is 2. The Labute approximate surface area is 118 Å². The van der Waals surface area contributed by atoms with Crippen molar-refractivity contribution in [2.24, 2.45) is 0 Å². The summed E-state index contributed by atoms with van der Waals surface area (Å²) in [6, 6.07) is 15.3. The van der Waals surface area contributed by atoms with Crippen LogP contribution >= 0.6 is 0 Å². The quantitative estimate of drug-likeness (QED) is 0.707. The van der Waals surface area contributed by atoms with Gasteiger partial charge in [0.25, 0.3) is 0 Å². The van der Waals surface area contributed by atoms with Gasteiger partial charge in [-0.1, -0.05) is 24.3 Å². The van der Waals surface area contributed by atoms with Gasteiger partial charge >= 0.3 is 0 Å². The van der Waals surface area contributed by atoms with Crippen molar-refractivity contribution in [1.82, 2.24) is 9.38 Å². The van der Waals surface area contributed by atoms with E-state index in [2.05, 4.69) is 46.7 Å². The van der Waals surface area contributed by atoms with Crippen LogP contribution in [0.25, 0.3) is 5.65 Å². The van der Waals surface area contributed by atoms with Gasteiger partial charge in [-0.05, 0) is 37.1 Å². The third-order valence-electron chi connectivity index (χ3n) is 4.09. The molecule has 0 N–H and O–H groups in total. The van der Waals surface area contributed by atoms with Gasteiger partial charge in [0.2, 0.25) is 0 Å². The first-order valence-electron chi connectivity index (χ1n) is 7.08. The maximum atomic E-state index is 4.70. The summed E-state index contributed by atoms with van der Waals surface area (Å²) in [4.78, 5) is 7.16. The first-order valence-corrected chi connectivity index (χ1v) is 7.08. The van der Waals surface area contributed by atoms with Crippen molar-refractivity contribution in [1.29, 1.82) is 0 Å². The molecule has 100 valence electrons. The molecule has 0 amide bonds. The molecule has 1 aliphatic heterocycles. The van der Waals surface area contributed by atoms with Crippen LogP contribution in [0.15, 0.2) is 54.9 Å². The van der Waals surface area contributed by atoms with Crippen LogP contribution in [-0.2, 0) is 13.0 Å². The number of hydrogen-bond acceptors (Lipinski definition) is 2. The van der Waals surface area contributed by atoms with Crippen LogP contribution < -0.4 is 4.90 Å². The van der Waals surface area contributed by atoms with Gasteiger partial charge in [0.1, 0.15) is 5.65 Å². The van der Waals surface area contributed by atoms with Crippen LogP contribution in [0.3, 0.4) is 0 Å². The molecule has 20 heavy (non-hydrogen) atoms. The van der Waals surface area contributed by atoms with Crippen molar-refractivity contribution in [2.75, 3.05) is 4.90 Å². The minimum atomic E-state index is 0.539. The van der Waals surface area contributed by atoms with Crippen molar-refractivity contribution in [3.63, 3.8) is 0 Å². The lowest BCUT2D eigenvalue weighted by atomic mass is 10.1. The largest absolute Gasteiger partial charge is 0.362 e. The van der Waals surface area contributed by atoms with Crippen LogP contribution in [0.5, 0.6) is 0 Å². The van der Waals surface area contributed by atoms with Crippen molar-refractivity contribution in [2.45, 2.75) is 25.9 Å². The van der Waals surface area contributed by atoms with E-state index in [1.807, 2.05) is 24.4 Å². The monoisotopic (exact) mass is 263 g/mol. The van der Waals surface area contributed by atoms with Crippen molar-refractivity contribution >= 4 is 11.3 Å². The highest BCUT2D eigenvalue weighted by molar-refractivity contribution is 5.59. The number of pyridine rings is 1. The highest BCUT2D eigenvalue weighted by Crippen LogP contribution is 2.32. The van der Waals surface area contributed by atoms with Gasteiger partial charge in [-0.25, -0.2) is 4.98 Å². The lowest BCUT2D eigenvalue weighted by Gasteiger charge is -2.23. The summed E-state index contributed by atoms with van der Waals surface area (Å²) in [6.45, 7) is 3.16. The van der Waals surface area contributed by atoms with Gasteiger partial charge in [0.05, 0.1) is 12.2 Å². The number of hydrogen-bond donors (Lipinski definition) is 0. The lowest BCUT2D eigenvalue weighted by Crippen LogP contribution is -2.28. The van der Waals surface area contributed by atoms with E-state index in [0.717, 1.165) is 24.3 Å². The Morgan fingerprint density at radius 3 is 2.90 bits per heavy atom. The summed E-state index contributed by atoms with van der Waals surface area (Å²) in [5.41, 5.74) is 4.95. The second-order valence-electron chi connectivity index (χ2n) is 5.51. The van der Waals surface area contributed by atoms with Crippen LogP contribution in [-0.4, -0.2) is 15.4 Å². The van der Waals surface area contributed by atoms with Crippen LogP contribution in [0.2, 0.25) is 0 Å². The molecule has 0 fully saturated rings. The summed E-state index contributed by atoms with van der Waals surface area (Å²) in [5, 5.41) is 0. The van der Waals surface area contributed by atoms with E-state index < -0.39 is 0 Å². The average Bonchev–Trinajstić information content (AvgIpc) is 3.00. The van der Waals surface area contributed by atoms with Crippen LogP contribution in [0, 0.1) is 0 Å². The van der Waals surface area contributed by atoms with Gasteiger partial charge in [0, 0.05) is 24.1 Å². The molecule has 0 bridgehead atoms. The molecule has 0 saturated heterocycles. The summed E-state index contributed by atoms with van der Waals surface area (Å²) in [5.74, 6) is 0. The van der Waals surface area contributed by atoms with E-state index in [4.69, 9.17) is 4.98 Å². The zero-order valence-corrected chi connectivity index (χ0v) is 11.5. The Kier molecular flexibility index (Phi) is 2.52. The maximum Gasteiger partial charge on any atom is 0.137 e. The molecule has 0 aliphatic carbocycles. The second kappa shape index (κ2) is 4.37. The molecule has 1 unspecified atom stereocenters. The molecule has 4 rings (SSSR count). The number of rotatable bonds is 2. The van der Waals surface area contributed by atoms with E-state index in [1.54, 1.807) is 0 Å². The molecular weight excluding hydrogens is 246 g/mol. The molecule has 2 aromatic heterocycles. The fourth-order valence-corrected chi connectivity index (χ4v) is 3.11. The molecule has 0 saturated carbocycles. The molecule has 3 nitrogen and oxygen atoms in total. The molecule has 1 aromatic carbocycles. The van der Waals surface area contributed by atoms with Crippen molar-refractivity contribution < 1.29 is 0 Å². The van der Waals surface area contributed by atoms with Gasteiger partial charge in [-0.3, -0.25) is 0 Å². The van der Waals surface area contributed by atoms with Gasteiger partial charge in [-0.15, -0.1) is 0 Å². The smallest absolute Gasteiger partial charge is 0.137 e. The van der Waals surface area contributed by atoms with Gasteiger partial charge < -0.3 is 9.30 Å². The molecule has 3 heteroatoms. The molecular formula is C17H17N3. The number of para-hydroxylation sites is 1. The predicted octanol–water partition coefficient (Wildman–Crippen LogP) is 3.29. The Morgan fingerprint density at radius 1 is 1.15 bits per heavy atom. The summed E-state index contributed by atoms with van der Waals surface area (Å²) in [7, 11) is 0. The van der Waals surface area contributed by atoms with E-state index >= 15 is 0 Å². The minimum absolute atomic E-state index is 0.539. The first-order chi connectivity index (χ1) is 9.81. The van der Waals surface area contributed by atoms with Crippen LogP contribution in [0.4, 0.5) is 5.69 Å². The summed E-state index contributed by atoms with van der Waals surface area (Å²) in [6.07, 6.45) is 5.31. The zero-order chi connectivity index (χ0) is 13.5. The van der Waals surface area contributed by atoms with Gasteiger partial charge in [-0.2, -0.15) is 0 Å². The molecule has 3 heterocycles. The fourth-order valence-electron chi connectivity index (χ4n) is 3.11. The van der Waals surface area contributed by atoms with Crippen molar-refractivity contribution in [3.8, 4) is 0 Å². The molecule has 0 radical (unpaired) electrons. The third kappa shape index (κ3) is 1.78. The lowest BCUT2D eigenvalue weighted by molar-refractivity contribution is 0.666. The third-order valence-corrected chi connectivity index (χ3v) is 4.09. The van der Waals surface area contributed by atoms with E-state index in [0.29, 0.717) is 6.04 Å². The summed E-state index contributed by atoms with van der Waals surface area (Å²) < 4.78 is 2.09. The number of anilines is 1. The fraction of sp³-hybridized carbons (Fsp3) is 0.235. The standard InChI is InChI=1S/C17H17N3/c1-13-10-14-6-2-3-7-16(14)20(13)12-15-11-19-9-5-4-8-17(19)18-15/h2-9,11,13H,10,12H2,1H3. The Hall–Kier alpha value is -2.29. The Bertz CT molecular complexity index is 727. The first kappa shape index (κ1) is 11.5. The zero-order valence-electron chi connectivity index (χ0n) is 11.5. The number of benzene rings is 1. The molecule has 0 spiro atoms. The van der Waals surface area contributed by atoms with Crippen molar-refractivity contribution in [3.05, 3.63) is 66.1 Å². The summed E-state index contributed by atoms with van der Waals surface area (Å²) >= 11 is 0. The molecule has 1 aliphatic rings. The van der Waals surface area contributed by atoms with E-state index in [9.17, 15) is 0 Å². The Balaban J connectivity index is 1.68. The minimum Gasteiger partial charge on any atom is -0.362 e. The van der Waals surface area contributed by atoms with Crippen LogP contribution in [0.1, 0.15) is 18.2 Å². The normalized spacial score (nSPS) is 17.6. The second-order valence-corrected chi connectivity index (χ2v) is 5.51. The number of nitrogens with zero attached hydrogens (tertiary/aromatic N) is 3. The van der Waals surface area contributed by atoms with E-state index in [1.165, 1.54) is 11.3 Å². The average molecular weight is 263 g/mol. The Morgan fingerprint density at radius 2 is 2.00 bits per heavy atom. The maximum absolute atomic E-state index is 4.70. The SMILES string of the molecule is CC1Cc2ccccc2N1Cc1cn2ccccc2n1. The highest BCUT2D eigenvalue weighted by atomic mass is 15.2. The molecule has 3 aromatic rings. The predicted molar refractivity (Wildman–Crippen MR) is 81.0 cm³/mol. The van der Waals surface area contributed by atoms with E-state index in [-0.39, 0.29) is 0 Å². The topological polar surface area (TPSA) is 20.5 Å². The highest BCUT2D eigenvalue weighted by Gasteiger charge is 2.25. The number of fused-ring (bicyclic) bond motifs is 2. The van der Waals surface area contributed by atoms with Gasteiger partial charge in [0.15, 0.2) is 0 Å².